The third-order valence-electron chi connectivity index (χ3n) is 7.87. The molecule has 5 atom stereocenters. The lowest BCUT2D eigenvalue weighted by molar-refractivity contribution is -0.261. The topological polar surface area (TPSA) is 81.7 Å². The van der Waals surface area contributed by atoms with Gasteiger partial charge < -0.3 is 33.2 Å². The Bertz CT molecular complexity index is 961. The molecule has 6 rings (SSSR count). The molecule has 3 heterocycles. The molecule has 3 saturated heterocycles. The fraction of sp³-hybridized carbons (Fsp3) is 0.731. The van der Waals surface area contributed by atoms with Crippen LogP contribution in [0.1, 0.15) is 64.2 Å². The second-order valence-corrected chi connectivity index (χ2v) is 11.2. The van der Waals surface area contributed by atoms with Crippen LogP contribution in [0.2, 0.25) is 10.0 Å². The Morgan fingerprint density at radius 3 is 2.36 bits per heavy atom. The number of carbonyl (C=O) groups is 1. The Morgan fingerprint density at radius 2 is 1.64 bits per heavy atom. The van der Waals surface area contributed by atoms with E-state index in [4.69, 9.17) is 56.4 Å². The SMILES string of the molecule is O=C(COc1ccc(Cl)cc1Cl)O[C@@H]1[C@H]([C@@H]2COC3(CCCCC3)O2)O[C@@H]2OC3(CCCCC3)O[C@@H]21. The predicted molar refractivity (Wildman–Crippen MR) is 129 cm³/mol. The molecule has 1 aromatic carbocycles. The number of hydrogen-bond donors (Lipinski definition) is 0. The van der Waals surface area contributed by atoms with Crippen molar-refractivity contribution < 1.29 is 38.0 Å². The van der Waals surface area contributed by atoms with Crippen LogP contribution in [0.25, 0.3) is 0 Å². The molecule has 36 heavy (non-hydrogen) atoms. The maximum atomic E-state index is 12.9. The Kier molecular flexibility index (Phi) is 7.14. The zero-order valence-corrected chi connectivity index (χ0v) is 21.6. The summed E-state index contributed by atoms with van der Waals surface area (Å²) in [5, 5.41) is 0.801. The first-order valence-electron chi connectivity index (χ1n) is 13.0. The summed E-state index contributed by atoms with van der Waals surface area (Å²) in [6.45, 7) is 0.0557. The lowest BCUT2D eigenvalue weighted by Gasteiger charge is -2.35. The van der Waals surface area contributed by atoms with Crippen molar-refractivity contribution in [2.75, 3.05) is 13.2 Å². The van der Waals surface area contributed by atoms with Crippen LogP contribution < -0.4 is 4.74 Å². The zero-order chi connectivity index (χ0) is 24.8. The van der Waals surface area contributed by atoms with Crippen molar-refractivity contribution in [3.05, 3.63) is 28.2 Å². The van der Waals surface area contributed by atoms with E-state index in [1.807, 2.05) is 0 Å². The van der Waals surface area contributed by atoms with Crippen molar-refractivity contribution in [3.63, 3.8) is 0 Å². The zero-order valence-electron chi connectivity index (χ0n) is 20.1. The molecule has 0 aromatic heterocycles. The van der Waals surface area contributed by atoms with Crippen LogP contribution in [-0.2, 0) is 33.2 Å². The van der Waals surface area contributed by atoms with E-state index in [2.05, 4.69) is 0 Å². The van der Waals surface area contributed by atoms with Gasteiger partial charge in [-0.25, -0.2) is 4.79 Å². The van der Waals surface area contributed by atoms with E-state index in [0.29, 0.717) is 22.4 Å². The van der Waals surface area contributed by atoms with Gasteiger partial charge in [-0.1, -0.05) is 36.0 Å². The van der Waals surface area contributed by atoms with Crippen LogP contribution in [0.3, 0.4) is 0 Å². The molecule has 0 bridgehead atoms. The van der Waals surface area contributed by atoms with Gasteiger partial charge in [0.1, 0.15) is 18.0 Å². The van der Waals surface area contributed by atoms with E-state index in [0.717, 1.165) is 57.8 Å². The molecule has 198 valence electrons. The predicted octanol–water partition coefficient (Wildman–Crippen LogP) is 5.16. The van der Waals surface area contributed by atoms with Gasteiger partial charge in [-0.15, -0.1) is 0 Å². The molecule has 3 aliphatic heterocycles. The highest BCUT2D eigenvalue weighted by molar-refractivity contribution is 6.35. The number of benzene rings is 1. The summed E-state index contributed by atoms with van der Waals surface area (Å²) >= 11 is 12.1. The van der Waals surface area contributed by atoms with Gasteiger partial charge in [-0.2, -0.15) is 0 Å². The minimum Gasteiger partial charge on any atom is -0.480 e. The first-order chi connectivity index (χ1) is 17.4. The summed E-state index contributed by atoms with van der Waals surface area (Å²) in [6.07, 6.45) is 7.07. The van der Waals surface area contributed by atoms with E-state index < -0.39 is 42.1 Å². The van der Waals surface area contributed by atoms with Crippen molar-refractivity contribution in [1.29, 1.82) is 0 Å². The van der Waals surface area contributed by atoms with Gasteiger partial charge in [-0.05, 0) is 43.9 Å². The van der Waals surface area contributed by atoms with Crippen LogP contribution >= 0.6 is 23.2 Å². The van der Waals surface area contributed by atoms with Crippen molar-refractivity contribution in [3.8, 4) is 5.75 Å². The molecular weight excluding hydrogens is 511 g/mol. The fourth-order valence-electron chi connectivity index (χ4n) is 6.12. The molecule has 0 amide bonds. The Hall–Kier alpha value is -1.13. The van der Waals surface area contributed by atoms with Gasteiger partial charge in [0.05, 0.1) is 11.6 Å². The Morgan fingerprint density at radius 1 is 0.917 bits per heavy atom. The van der Waals surface area contributed by atoms with E-state index in [-0.39, 0.29) is 12.7 Å². The molecule has 2 spiro atoms. The number of carbonyl (C=O) groups excluding carboxylic acids is 1. The molecule has 0 radical (unpaired) electrons. The van der Waals surface area contributed by atoms with Crippen molar-refractivity contribution in [1.82, 2.24) is 0 Å². The van der Waals surface area contributed by atoms with Gasteiger partial charge in [-0.3, -0.25) is 0 Å². The highest BCUT2D eigenvalue weighted by Crippen LogP contribution is 2.48. The number of hydrogen-bond acceptors (Lipinski definition) is 8. The summed E-state index contributed by atoms with van der Waals surface area (Å²) in [6, 6.07) is 4.82. The van der Waals surface area contributed by atoms with Gasteiger partial charge in [0.25, 0.3) is 0 Å². The molecule has 10 heteroatoms. The van der Waals surface area contributed by atoms with Gasteiger partial charge in [0.2, 0.25) is 0 Å². The van der Waals surface area contributed by atoms with Crippen molar-refractivity contribution >= 4 is 29.2 Å². The van der Waals surface area contributed by atoms with Gasteiger partial charge in [0.15, 0.2) is 36.7 Å². The standard InChI is InChI=1S/C26H32Cl2O8/c27-16-7-8-18(17(28)13-16)30-15-20(29)32-22-21(19-14-31-25(34-19)9-3-1-4-10-25)33-24-23(22)35-26(36-24)11-5-2-6-12-26/h7-8,13,19,21-24H,1-6,9-12,14-15H2/t19-,21-,22+,23+,24+/m0/s1. The molecule has 2 aliphatic carbocycles. The lowest BCUT2D eigenvalue weighted by atomic mass is 9.94. The molecule has 1 aromatic rings. The minimum atomic E-state index is -0.708. The maximum absolute atomic E-state index is 12.9. The van der Waals surface area contributed by atoms with E-state index in [1.165, 1.54) is 6.42 Å². The van der Waals surface area contributed by atoms with Crippen LogP contribution in [-0.4, -0.2) is 61.5 Å². The van der Waals surface area contributed by atoms with Crippen LogP contribution in [0.5, 0.6) is 5.75 Å². The first kappa shape index (κ1) is 25.2. The van der Waals surface area contributed by atoms with E-state index in [9.17, 15) is 4.79 Å². The largest absolute Gasteiger partial charge is 0.480 e. The summed E-state index contributed by atoms with van der Waals surface area (Å²) in [4.78, 5) is 12.9. The number of ether oxygens (including phenoxy) is 7. The van der Waals surface area contributed by atoms with Crippen LogP contribution in [0.15, 0.2) is 18.2 Å². The third kappa shape index (κ3) is 4.98. The van der Waals surface area contributed by atoms with Crippen molar-refractivity contribution in [2.24, 2.45) is 0 Å². The Balaban J connectivity index is 1.16. The number of halogens is 2. The lowest BCUT2D eigenvalue weighted by Crippen LogP contribution is -2.47. The monoisotopic (exact) mass is 542 g/mol. The number of fused-ring (bicyclic) bond motifs is 1. The minimum absolute atomic E-state index is 0.318. The summed E-state index contributed by atoms with van der Waals surface area (Å²) < 4.78 is 43.2. The fourth-order valence-corrected chi connectivity index (χ4v) is 6.59. The van der Waals surface area contributed by atoms with Crippen LogP contribution in [0.4, 0.5) is 0 Å². The van der Waals surface area contributed by atoms with Gasteiger partial charge in [0, 0.05) is 30.7 Å². The van der Waals surface area contributed by atoms with E-state index in [1.54, 1.807) is 18.2 Å². The second kappa shape index (κ2) is 10.2. The second-order valence-electron chi connectivity index (χ2n) is 10.4. The molecule has 8 nitrogen and oxygen atoms in total. The first-order valence-corrected chi connectivity index (χ1v) is 13.8. The molecule has 0 unspecified atom stereocenters. The average Bonchev–Trinajstić information content (AvgIpc) is 3.52. The third-order valence-corrected chi connectivity index (χ3v) is 8.40. The number of esters is 1. The highest BCUT2D eigenvalue weighted by atomic mass is 35.5. The van der Waals surface area contributed by atoms with Crippen molar-refractivity contribution in [2.45, 2.75) is 106 Å². The normalized spacial score (nSPS) is 34.7. The molecule has 2 saturated carbocycles. The summed E-state index contributed by atoms with van der Waals surface area (Å²) in [5.41, 5.74) is 0. The van der Waals surface area contributed by atoms with Gasteiger partial charge >= 0.3 is 5.97 Å². The van der Waals surface area contributed by atoms with Crippen LogP contribution in [0, 0.1) is 0 Å². The maximum Gasteiger partial charge on any atom is 0.344 e. The quantitative estimate of drug-likeness (QED) is 0.472. The highest BCUT2D eigenvalue weighted by Gasteiger charge is 2.62. The van der Waals surface area contributed by atoms with E-state index >= 15 is 0 Å². The average molecular weight is 543 g/mol. The molecule has 5 aliphatic rings. The molecule has 5 fully saturated rings. The molecular formula is C26H32Cl2O8. The number of rotatable bonds is 5. The summed E-state index contributed by atoms with van der Waals surface area (Å²) in [7, 11) is 0. The smallest absolute Gasteiger partial charge is 0.344 e. The Labute approximate surface area is 220 Å². The molecule has 0 N–H and O–H groups in total. The summed E-state index contributed by atoms with van der Waals surface area (Å²) in [5.74, 6) is -1.45.